The van der Waals surface area contributed by atoms with Gasteiger partial charge in [0.15, 0.2) is 5.60 Å². The summed E-state index contributed by atoms with van der Waals surface area (Å²) in [5, 5.41) is 0. The van der Waals surface area contributed by atoms with Gasteiger partial charge < -0.3 is 23.8 Å². The summed E-state index contributed by atoms with van der Waals surface area (Å²) < 4.78 is 20.8. The van der Waals surface area contributed by atoms with E-state index in [1.54, 1.807) is 0 Å². The molecule has 8 heteroatoms. The van der Waals surface area contributed by atoms with E-state index in [0.717, 1.165) is 11.6 Å². The monoisotopic (exact) mass is 391 g/mol. The second-order valence-corrected chi connectivity index (χ2v) is 6.35. The van der Waals surface area contributed by atoms with Crippen LogP contribution in [-0.2, 0) is 35.1 Å². The number of methoxy groups -OCH3 is 2. The molecule has 1 aliphatic heterocycles. The highest BCUT2D eigenvalue weighted by Crippen LogP contribution is 2.34. The minimum atomic E-state index is -1.13. The minimum Gasteiger partial charge on any atom is -0.497 e. The van der Waals surface area contributed by atoms with Crippen LogP contribution in [-0.4, -0.2) is 55.8 Å². The molecule has 1 amide bonds. The van der Waals surface area contributed by atoms with Gasteiger partial charge in [-0.2, -0.15) is 0 Å². The summed E-state index contributed by atoms with van der Waals surface area (Å²) in [6, 6.07) is 9.38. The van der Waals surface area contributed by atoms with Gasteiger partial charge in [-0.05, 0) is 5.56 Å². The first-order chi connectivity index (χ1) is 13.4. The van der Waals surface area contributed by atoms with Crippen molar-refractivity contribution in [3.8, 4) is 0 Å². The molecule has 0 atom stereocenters. The van der Waals surface area contributed by atoms with Crippen LogP contribution in [0.5, 0.6) is 0 Å². The number of esters is 2. The number of ether oxygens (including phenoxy) is 4. The van der Waals surface area contributed by atoms with Gasteiger partial charge in [-0.3, -0.25) is 4.79 Å². The third-order valence-electron chi connectivity index (χ3n) is 4.49. The van der Waals surface area contributed by atoms with E-state index >= 15 is 0 Å². The molecule has 1 saturated heterocycles. The fourth-order valence-corrected chi connectivity index (χ4v) is 3.08. The summed E-state index contributed by atoms with van der Waals surface area (Å²) in [4.78, 5) is 37.2. The number of carbonyl (C=O) groups is 3. The number of nitrogens with zero attached hydrogens (tertiary/aromatic N) is 1. The molecule has 1 heterocycles. The van der Waals surface area contributed by atoms with Gasteiger partial charge in [0, 0.05) is 32.9 Å². The SMILES string of the molecule is COC(=O)/C=C(/OC)C1(OC(C)=O)CCN(C(=O)OCc2ccccc2)CC1. The summed E-state index contributed by atoms with van der Waals surface area (Å²) in [6.45, 7) is 2.02. The maximum Gasteiger partial charge on any atom is 0.410 e. The topological polar surface area (TPSA) is 91.4 Å². The van der Waals surface area contributed by atoms with Gasteiger partial charge in [-0.25, -0.2) is 9.59 Å². The third kappa shape index (κ3) is 5.48. The van der Waals surface area contributed by atoms with Gasteiger partial charge in [0.25, 0.3) is 0 Å². The number of piperidine rings is 1. The number of hydrogen-bond donors (Lipinski definition) is 0. The van der Waals surface area contributed by atoms with Crippen molar-refractivity contribution in [2.75, 3.05) is 27.3 Å². The van der Waals surface area contributed by atoms with Crippen molar-refractivity contribution in [3.63, 3.8) is 0 Å². The van der Waals surface area contributed by atoms with Crippen molar-refractivity contribution in [1.82, 2.24) is 4.90 Å². The van der Waals surface area contributed by atoms with Crippen LogP contribution in [0, 0.1) is 0 Å². The number of benzene rings is 1. The van der Waals surface area contributed by atoms with Crippen LogP contribution in [0.4, 0.5) is 4.79 Å². The van der Waals surface area contributed by atoms with Gasteiger partial charge in [-0.1, -0.05) is 30.3 Å². The first-order valence-electron chi connectivity index (χ1n) is 8.89. The molecule has 8 nitrogen and oxygen atoms in total. The molecule has 1 aromatic carbocycles. The van der Waals surface area contributed by atoms with Crippen LogP contribution < -0.4 is 0 Å². The fraction of sp³-hybridized carbons (Fsp3) is 0.450. The second-order valence-electron chi connectivity index (χ2n) is 6.35. The molecule has 0 radical (unpaired) electrons. The predicted octanol–water partition coefficient (Wildman–Crippen LogP) is 2.42. The molecule has 2 rings (SSSR count). The van der Waals surface area contributed by atoms with E-state index in [1.165, 1.54) is 26.0 Å². The maximum absolute atomic E-state index is 12.3. The number of amides is 1. The Bertz CT molecular complexity index is 721. The highest BCUT2D eigenvalue weighted by atomic mass is 16.6. The molecule has 1 aromatic rings. The van der Waals surface area contributed by atoms with Crippen LogP contribution >= 0.6 is 0 Å². The Labute approximate surface area is 164 Å². The first-order valence-corrected chi connectivity index (χ1v) is 8.89. The number of likely N-dealkylation sites (tertiary alicyclic amines) is 1. The molecule has 0 aromatic heterocycles. The van der Waals surface area contributed by atoms with E-state index in [9.17, 15) is 14.4 Å². The Morgan fingerprint density at radius 1 is 1.07 bits per heavy atom. The first kappa shape index (κ1) is 21.3. The minimum absolute atomic E-state index is 0.177. The van der Waals surface area contributed by atoms with Crippen molar-refractivity contribution in [2.45, 2.75) is 32.0 Å². The predicted molar refractivity (Wildman–Crippen MR) is 99.0 cm³/mol. The second kappa shape index (κ2) is 9.77. The van der Waals surface area contributed by atoms with Gasteiger partial charge in [0.1, 0.15) is 12.4 Å². The van der Waals surface area contributed by atoms with Gasteiger partial charge in [0.05, 0.1) is 20.3 Å². The van der Waals surface area contributed by atoms with E-state index in [-0.39, 0.29) is 38.3 Å². The Kier molecular flexibility index (Phi) is 7.43. The smallest absolute Gasteiger partial charge is 0.410 e. The summed E-state index contributed by atoms with van der Waals surface area (Å²) in [7, 11) is 2.64. The van der Waals surface area contributed by atoms with Crippen LogP contribution in [0.1, 0.15) is 25.3 Å². The zero-order chi connectivity index (χ0) is 20.6. The molecule has 0 N–H and O–H groups in total. The van der Waals surface area contributed by atoms with Crippen LogP contribution in [0.25, 0.3) is 0 Å². The number of carbonyl (C=O) groups excluding carboxylic acids is 3. The van der Waals surface area contributed by atoms with E-state index in [4.69, 9.17) is 14.2 Å². The summed E-state index contributed by atoms with van der Waals surface area (Å²) in [6.07, 6.45) is 1.25. The molecule has 1 aliphatic rings. The Morgan fingerprint density at radius 3 is 2.25 bits per heavy atom. The molecular weight excluding hydrogens is 366 g/mol. The Morgan fingerprint density at radius 2 is 1.71 bits per heavy atom. The lowest BCUT2D eigenvalue weighted by Crippen LogP contribution is -2.50. The lowest BCUT2D eigenvalue weighted by Gasteiger charge is -2.40. The lowest BCUT2D eigenvalue weighted by molar-refractivity contribution is -0.161. The largest absolute Gasteiger partial charge is 0.497 e. The van der Waals surface area contributed by atoms with Crippen molar-refractivity contribution in [2.24, 2.45) is 0 Å². The Balaban J connectivity index is 2.05. The summed E-state index contributed by atoms with van der Waals surface area (Å²) in [5.41, 5.74) is -0.241. The molecular formula is C20H25NO7. The average Bonchev–Trinajstić information content (AvgIpc) is 2.70. The molecule has 0 unspecified atom stereocenters. The zero-order valence-electron chi connectivity index (χ0n) is 16.3. The highest BCUT2D eigenvalue weighted by Gasteiger charge is 2.44. The van der Waals surface area contributed by atoms with Crippen molar-refractivity contribution in [3.05, 3.63) is 47.7 Å². The Hall–Kier alpha value is -3.03. The van der Waals surface area contributed by atoms with E-state index < -0.39 is 23.6 Å². The molecule has 0 spiro atoms. The maximum atomic E-state index is 12.3. The zero-order valence-corrected chi connectivity index (χ0v) is 16.3. The lowest BCUT2D eigenvalue weighted by atomic mass is 9.88. The quantitative estimate of drug-likeness (QED) is 0.318. The molecule has 0 bridgehead atoms. The average molecular weight is 391 g/mol. The van der Waals surface area contributed by atoms with Crippen molar-refractivity contribution >= 4 is 18.0 Å². The molecule has 0 aliphatic carbocycles. The van der Waals surface area contributed by atoms with Crippen molar-refractivity contribution in [1.29, 1.82) is 0 Å². The summed E-state index contributed by atoms with van der Waals surface area (Å²) >= 11 is 0. The van der Waals surface area contributed by atoms with Crippen LogP contribution in [0.2, 0.25) is 0 Å². The third-order valence-corrected chi connectivity index (χ3v) is 4.49. The van der Waals surface area contributed by atoms with E-state index in [2.05, 4.69) is 4.74 Å². The highest BCUT2D eigenvalue weighted by molar-refractivity contribution is 5.82. The molecule has 0 saturated carbocycles. The molecule has 28 heavy (non-hydrogen) atoms. The van der Waals surface area contributed by atoms with Crippen LogP contribution in [0.3, 0.4) is 0 Å². The van der Waals surface area contributed by atoms with Gasteiger partial charge >= 0.3 is 18.0 Å². The van der Waals surface area contributed by atoms with Crippen LogP contribution in [0.15, 0.2) is 42.2 Å². The van der Waals surface area contributed by atoms with Gasteiger partial charge in [0.2, 0.25) is 0 Å². The number of hydrogen-bond acceptors (Lipinski definition) is 7. The standard InChI is InChI=1S/C20H25NO7/c1-15(22)28-20(17(25-2)13-18(23)26-3)9-11-21(12-10-20)19(24)27-14-16-7-5-4-6-8-16/h4-8,13H,9-12,14H2,1-3H3/b17-13+. The molecule has 152 valence electrons. The molecule has 1 fully saturated rings. The fourth-order valence-electron chi connectivity index (χ4n) is 3.08. The van der Waals surface area contributed by atoms with E-state index in [0.29, 0.717) is 0 Å². The van der Waals surface area contributed by atoms with E-state index in [1.807, 2.05) is 30.3 Å². The van der Waals surface area contributed by atoms with Crippen molar-refractivity contribution < 1.29 is 33.3 Å². The summed E-state index contributed by atoms with van der Waals surface area (Å²) in [5.74, 6) is -0.937. The normalized spacial score (nSPS) is 16.1. The number of rotatable bonds is 6. The van der Waals surface area contributed by atoms with Gasteiger partial charge in [-0.15, -0.1) is 0 Å².